The molecular formula is C17H20ClNO3S. The molecule has 0 aliphatic heterocycles. The molecule has 0 aliphatic carbocycles. The summed E-state index contributed by atoms with van der Waals surface area (Å²) in [5.74, 6) is 0.644. The van der Waals surface area contributed by atoms with Crippen LogP contribution in [0.5, 0.6) is 5.75 Å². The minimum absolute atomic E-state index is 0.0970. The van der Waals surface area contributed by atoms with Crippen molar-refractivity contribution < 1.29 is 13.2 Å². The molecule has 1 N–H and O–H groups in total. The SMILES string of the molecule is CC[C@H](NS(=O)(=O)Cc1cccc(Cl)c1)c1ccc(OC)cc1. The van der Waals surface area contributed by atoms with Gasteiger partial charge in [-0.25, -0.2) is 13.1 Å². The number of benzene rings is 2. The number of nitrogens with one attached hydrogen (secondary N) is 1. The molecule has 23 heavy (non-hydrogen) atoms. The van der Waals surface area contributed by atoms with Crippen LogP contribution in [0.3, 0.4) is 0 Å². The Bertz CT molecular complexity index is 745. The first-order valence-electron chi connectivity index (χ1n) is 7.32. The van der Waals surface area contributed by atoms with Gasteiger partial charge in [-0.3, -0.25) is 0 Å². The zero-order valence-electron chi connectivity index (χ0n) is 13.1. The van der Waals surface area contributed by atoms with Crippen LogP contribution >= 0.6 is 11.6 Å². The van der Waals surface area contributed by atoms with Crippen LogP contribution in [0.25, 0.3) is 0 Å². The second-order valence-electron chi connectivity index (χ2n) is 5.24. The molecule has 2 rings (SSSR count). The summed E-state index contributed by atoms with van der Waals surface area (Å²) in [7, 11) is -1.87. The number of hydrogen-bond donors (Lipinski definition) is 1. The van der Waals surface area contributed by atoms with Crippen molar-refractivity contribution in [2.45, 2.75) is 25.1 Å². The highest BCUT2D eigenvalue weighted by molar-refractivity contribution is 7.88. The molecule has 0 spiro atoms. The van der Waals surface area contributed by atoms with Crippen LogP contribution < -0.4 is 9.46 Å². The van der Waals surface area contributed by atoms with E-state index in [9.17, 15) is 8.42 Å². The number of rotatable bonds is 7. The lowest BCUT2D eigenvalue weighted by Gasteiger charge is -2.18. The van der Waals surface area contributed by atoms with E-state index in [-0.39, 0.29) is 11.8 Å². The van der Waals surface area contributed by atoms with E-state index in [1.54, 1.807) is 31.4 Å². The first kappa shape index (κ1) is 17.8. The summed E-state index contributed by atoms with van der Waals surface area (Å²) in [6, 6.07) is 14.0. The van der Waals surface area contributed by atoms with E-state index in [4.69, 9.17) is 16.3 Å². The summed E-state index contributed by atoms with van der Waals surface area (Å²) in [4.78, 5) is 0. The van der Waals surface area contributed by atoms with Crippen molar-refractivity contribution in [2.24, 2.45) is 0 Å². The summed E-state index contributed by atoms with van der Waals surface area (Å²) < 4.78 is 32.7. The Morgan fingerprint density at radius 2 is 1.87 bits per heavy atom. The quantitative estimate of drug-likeness (QED) is 0.820. The normalized spacial score (nSPS) is 12.8. The molecular weight excluding hydrogens is 334 g/mol. The first-order chi connectivity index (χ1) is 10.9. The summed E-state index contributed by atoms with van der Waals surface area (Å²) >= 11 is 5.90. The Kier molecular flexibility index (Phi) is 6.04. The first-order valence-corrected chi connectivity index (χ1v) is 9.35. The predicted molar refractivity (Wildman–Crippen MR) is 93.2 cm³/mol. The van der Waals surface area contributed by atoms with Crippen LogP contribution in [0.2, 0.25) is 5.02 Å². The van der Waals surface area contributed by atoms with Crippen LogP contribution in [0.4, 0.5) is 0 Å². The smallest absolute Gasteiger partial charge is 0.216 e. The van der Waals surface area contributed by atoms with Gasteiger partial charge in [-0.1, -0.05) is 42.8 Å². The van der Waals surface area contributed by atoms with Crippen molar-refractivity contribution in [1.29, 1.82) is 0 Å². The monoisotopic (exact) mass is 353 g/mol. The van der Waals surface area contributed by atoms with Crippen molar-refractivity contribution in [2.75, 3.05) is 7.11 Å². The van der Waals surface area contributed by atoms with E-state index in [1.165, 1.54) is 0 Å². The van der Waals surface area contributed by atoms with Gasteiger partial charge in [0.25, 0.3) is 0 Å². The third-order valence-corrected chi connectivity index (χ3v) is 5.09. The molecule has 0 amide bonds. The lowest BCUT2D eigenvalue weighted by Crippen LogP contribution is -2.29. The molecule has 0 aliphatic rings. The van der Waals surface area contributed by atoms with Crippen molar-refractivity contribution in [3.8, 4) is 5.75 Å². The van der Waals surface area contributed by atoms with E-state index < -0.39 is 10.0 Å². The zero-order valence-corrected chi connectivity index (χ0v) is 14.7. The Balaban J connectivity index is 2.12. The molecule has 0 fully saturated rings. The van der Waals surface area contributed by atoms with Gasteiger partial charge in [-0.05, 0) is 41.8 Å². The topological polar surface area (TPSA) is 55.4 Å². The largest absolute Gasteiger partial charge is 0.497 e. The molecule has 0 unspecified atom stereocenters. The maximum atomic E-state index is 12.4. The standard InChI is InChI=1S/C17H20ClNO3S/c1-3-17(14-7-9-16(22-2)10-8-14)19-23(20,21)12-13-5-4-6-15(18)11-13/h4-11,17,19H,3,12H2,1-2H3/t17-/m0/s1. The maximum absolute atomic E-state index is 12.4. The van der Waals surface area contributed by atoms with Crippen LogP contribution in [0.15, 0.2) is 48.5 Å². The van der Waals surface area contributed by atoms with Gasteiger partial charge in [-0.15, -0.1) is 0 Å². The Morgan fingerprint density at radius 3 is 2.43 bits per heavy atom. The predicted octanol–water partition coefficient (Wildman–Crippen LogP) is 3.92. The van der Waals surface area contributed by atoms with Crippen molar-refractivity contribution >= 4 is 21.6 Å². The summed E-state index contributed by atoms with van der Waals surface area (Å²) in [6.07, 6.45) is 0.654. The number of halogens is 1. The van der Waals surface area contributed by atoms with Gasteiger partial charge in [0, 0.05) is 11.1 Å². The fraction of sp³-hybridized carbons (Fsp3) is 0.294. The molecule has 124 valence electrons. The molecule has 6 heteroatoms. The number of sulfonamides is 1. The highest BCUT2D eigenvalue weighted by atomic mass is 35.5. The number of ether oxygens (including phenoxy) is 1. The highest BCUT2D eigenvalue weighted by Crippen LogP contribution is 2.22. The third kappa shape index (κ3) is 5.23. The number of methoxy groups -OCH3 is 1. The van der Waals surface area contributed by atoms with Crippen molar-refractivity contribution in [3.05, 3.63) is 64.7 Å². The van der Waals surface area contributed by atoms with Gasteiger partial charge < -0.3 is 4.74 Å². The lowest BCUT2D eigenvalue weighted by atomic mass is 10.1. The van der Waals surface area contributed by atoms with E-state index in [0.717, 1.165) is 11.3 Å². The van der Waals surface area contributed by atoms with Crippen LogP contribution in [0, 0.1) is 0 Å². The molecule has 0 saturated heterocycles. The summed E-state index contributed by atoms with van der Waals surface area (Å²) in [5, 5.41) is 0.528. The van der Waals surface area contributed by atoms with Gasteiger partial charge in [0.05, 0.1) is 12.9 Å². The molecule has 4 nitrogen and oxygen atoms in total. The van der Waals surface area contributed by atoms with E-state index >= 15 is 0 Å². The van der Waals surface area contributed by atoms with Crippen LogP contribution in [-0.4, -0.2) is 15.5 Å². The fourth-order valence-electron chi connectivity index (χ4n) is 2.33. The molecule has 0 bridgehead atoms. The van der Waals surface area contributed by atoms with Crippen molar-refractivity contribution in [1.82, 2.24) is 4.72 Å². The third-order valence-electron chi connectivity index (χ3n) is 3.49. The van der Waals surface area contributed by atoms with Crippen LogP contribution in [0.1, 0.15) is 30.5 Å². The van der Waals surface area contributed by atoms with Crippen molar-refractivity contribution in [3.63, 3.8) is 0 Å². The second-order valence-corrected chi connectivity index (χ2v) is 7.43. The molecule has 0 aromatic heterocycles. The minimum atomic E-state index is -3.47. The summed E-state index contributed by atoms with van der Waals surface area (Å²) in [5.41, 5.74) is 1.57. The van der Waals surface area contributed by atoms with Gasteiger partial charge in [0.2, 0.25) is 10.0 Å². The summed E-state index contributed by atoms with van der Waals surface area (Å²) in [6.45, 7) is 1.94. The molecule has 0 heterocycles. The zero-order chi connectivity index (χ0) is 16.9. The molecule has 1 atom stereocenters. The van der Waals surface area contributed by atoms with Crippen LogP contribution in [-0.2, 0) is 15.8 Å². The average Bonchev–Trinajstić information content (AvgIpc) is 2.52. The van der Waals surface area contributed by atoms with Gasteiger partial charge in [0.1, 0.15) is 5.75 Å². The Hall–Kier alpha value is -1.56. The average molecular weight is 354 g/mol. The van der Waals surface area contributed by atoms with E-state index in [1.807, 2.05) is 31.2 Å². The fourth-order valence-corrected chi connectivity index (χ4v) is 3.98. The minimum Gasteiger partial charge on any atom is -0.497 e. The number of hydrogen-bond acceptors (Lipinski definition) is 3. The van der Waals surface area contributed by atoms with Gasteiger partial charge >= 0.3 is 0 Å². The Labute approximate surface area is 142 Å². The molecule has 0 radical (unpaired) electrons. The molecule has 2 aromatic rings. The van der Waals surface area contributed by atoms with E-state index in [2.05, 4.69) is 4.72 Å². The van der Waals surface area contributed by atoms with E-state index in [0.29, 0.717) is 17.0 Å². The molecule has 2 aromatic carbocycles. The Morgan fingerprint density at radius 1 is 1.17 bits per heavy atom. The highest BCUT2D eigenvalue weighted by Gasteiger charge is 2.19. The maximum Gasteiger partial charge on any atom is 0.216 e. The second kappa shape index (κ2) is 7.81. The van der Waals surface area contributed by atoms with Gasteiger partial charge in [-0.2, -0.15) is 0 Å². The molecule has 0 saturated carbocycles. The lowest BCUT2D eigenvalue weighted by molar-refractivity contribution is 0.414. The van der Waals surface area contributed by atoms with Gasteiger partial charge in [0.15, 0.2) is 0 Å².